The van der Waals surface area contributed by atoms with Crippen LogP contribution in [0.4, 0.5) is 5.69 Å². The Morgan fingerprint density at radius 2 is 2.30 bits per heavy atom. The van der Waals surface area contributed by atoms with Gasteiger partial charge < -0.3 is 15.4 Å². The van der Waals surface area contributed by atoms with Crippen LogP contribution in [0.3, 0.4) is 0 Å². The topological polar surface area (TPSA) is 67.4 Å². The highest BCUT2D eigenvalue weighted by Gasteiger charge is 2.21. The van der Waals surface area contributed by atoms with Gasteiger partial charge in [-0.15, -0.1) is 0 Å². The van der Waals surface area contributed by atoms with Crippen LogP contribution in [-0.2, 0) is 9.53 Å². The zero-order valence-corrected chi connectivity index (χ0v) is 11.6. The second-order valence-electron chi connectivity index (χ2n) is 4.83. The molecule has 1 aliphatic heterocycles. The summed E-state index contributed by atoms with van der Waals surface area (Å²) in [6.07, 6.45) is 1.91. The van der Waals surface area contributed by atoms with Crippen LogP contribution in [0.15, 0.2) is 24.3 Å². The van der Waals surface area contributed by atoms with Crippen molar-refractivity contribution in [3.05, 3.63) is 29.8 Å². The number of ether oxygens (including phenoxy) is 1. The molecule has 20 heavy (non-hydrogen) atoms. The summed E-state index contributed by atoms with van der Waals surface area (Å²) < 4.78 is 4.94. The number of carbonyl (C=O) groups is 2. The summed E-state index contributed by atoms with van der Waals surface area (Å²) in [5.41, 5.74) is 1.08. The van der Waals surface area contributed by atoms with Crippen molar-refractivity contribution in [3.8, 4) is 0 Å². The van der Waals surface area contributed by atoms with Gasteiger partial charge in [0.2, 0.25) is 5.91 Å². The van der Waals surface area contributed by atoms with E-state index < -0.39 is 0 Å². The maximum atomic E-state index is 12.1. The third-order valence-corrected chi connectivity index (χ3v) is 3.31. The Hall–Kier alpha value is -1.88. The van der Waals surface area contributed by atoms with Gasteiger partial charge >= 0.3 is 5.97 Å². The molecule has 1 atom stereocenters. The molecule has 1 fully saturated rings. The van der Waals surface area contributed by atoms with Crippen LogP contribution in [0, 0.1) is 5.92 Å². The van der Waals surface area contributed by atoms with Gasteiger partial charge in [-0.25, -0.2) is 4.79 Å². The van der Waals surface area contributed by atoms with E-state index in [0.29, 0.717) is 24.4 Å². The van der Waals surface area contributed by atoms with Crippen LogP contribution in [0.1, 0.15) is 30.1 Å². The van der Waals surface area contributed by atoms with Gasteiger partial charge in [0.25, 0.3) is 0 Å². The van der Waals surface area contributed by atoms with E-state index in [1.807, 2.05) is 0 Å². The van der Waals surface area contributed by atoms with Crippen molar-refractivity contribution >= 4 is 17.6 Å². The average Bonchev–Trinajstić information content (AvgIpc) is 2.48. The Balaban J connectivity index is 2.00. The molecule has 0 spiro atoms. The Morgan fingerprint density at radius 3 is 3.00 bits per heavy atom. The van der Waals surface area contributed by atoms with Crippen molar-refractivity contribution in [3.63, 3.8) is 0 Å². The fourth-order valence-corrected chi connectivity index (χ4v) is 2.26. The standard InChI is InChI=1S/C15H20N2O3/c1-2-20-15(19)11-5-3-7-13(9-11)17-14(18)12-6-4-8-16-10-12/h3,5,7,9,12,16H,2,4,6,8,10H2,1H3,(H,17,18)/t12-/m1/s1. The van der Waals surface area contributed by atoms with Crippen LogP contribution in [0.5, 0.6) is 0 Å². The molecule has 108 valence electrons. The molecule has 0 aromatic heterocycles. The van der Waals surface area contributed by atoms with Crippen molar-refractivity contribution < 1.29 is 14.3 Å². The van der Waals surface area contributed by atoms with Gasteiger partial charge in [0, 0.05) is 12.2 Å². The molecule has 5 heteroatoms. The van der Waals surface area contributed by atoms with Crippen LogP contribution in [-0.4, -0.2) is 31.6 Å². The van der Waals surface area contributed by atoms with E-state index in [9.17, 15) is 9.59 Å². The molecule has 0 aliphatic carbocycles. The number of carbonyl (C=O) groups excluding carboxylic acids is 2. The maximum absolute atomic E-state index is 12.1. The first kappa shape index (κ1) is 14.5. The minimum Gasteiger partial charge on any atom is -0.462 e. The summed E-state index contributed by atoms with van der Waals surface area (Å²) in [7, 11) is 0. The lowest BCUT2D eigenvalue weighted by Crippen LogP contribution is -2.37. The lowest BCUT2D eigenvalue weighted by molar-refractivity contribution is -0.120. The Labute approximate surface area is 118 Å². The minimum atomic E-state index is -0.372. The number of benzene rings is 1. The molecule has 2 rings (SSSR count). The molecule has 1 aromatic rings. The van der Waals surface area contributed by atoms with Gasteiger partial charge in [-0.1, -0.05) is 6.07 Å². The van der Waals surface area contributed by atoms with Crippen LogP contribution in [0.2, 0.25) is 0 Å². The molecular weight excluding hydrogens is 256 g/mol. The van der Waals surface area contributed by atoms with Crippen molar-refractivity contribution in [1.29, 1.82) is 0 Å². The molecule has 0 unspecified atom stereocenters. The molecule has 0 radical (unpaired) electrons. The summed E-state index contributed by atoms with van der Waals surface area (Å²) in [5.74, 6) is -0.379. The zero-order chi connectivity index (χ0) is 14.4. The van der Waals surface area contributed by atoms with Crippen LogP contribution in [0.25, 0.3) is 0 Å². The van der Waals surface area contributed by atoms with Gasteiger partial charge in [-0.2, -0.15) is 0 Å². The highest BCUT2D eigenvalue weighted by Crippen LogP contribution is 2.16. The summed E-state index contributed by atoms with van der Waals surface area (Å²) in [6.45, 7) is 3.79. The van der Waals surface area contributed by atoms with Crippen LogP contribution < -0.4 is 10.6 Å². The zero-order valence-electron chi connectivity index (χ0n) is 11.6. The van der Waals surface area contributed by atoms with Gasteiger partial charge in [0.05, 0.1) is 18.1 Å². The lowest BCUT2D eigenvalue weighted by Gasteiger charge is -2.21. The van der Waals surface area contributed by atoms with Gasteiger partial charge in [-0.05, 0) is 44.5 Å². The smallest absolute Gasteiger partial charge is 0.338 e. The second-order valence-corrected chi connectivity index (χ2v) is 4.83. The number of rotatable bonds is 4. The maximum Gasteiger partial charge on any atom is 0.338 e. The second kappa shape index (κ2) is 7.05. The summed E-state index contributed by atoms with van der Waals surface area (Å²) >= 11 is 0. The molecule has 5 nitrogen and oxygen atoms in total. The first-order valence-electron chi connectivity index (χ1n) is 6.99. The molecule has 2 N–H and O–H groups in total. The largest absolute Gasteiger partial charge is 0.462 e. The Kier molecular flexibility index (Phi) is 5.12. The minimum absolute atomic E-state index is 0.00166. The number of hydrogen-bond donors (Lipinski definition) is 2. The monoisotopic (exact) mass is 276 g/mol. The van der Waals surface area contributed by atoms with E-state index in [2.05, 4.69) is 10.6 Å². The van der Waals surface area contributed by atoms with E-state index in [1.165, 1.54) is 0 Å². The molecule has 0 saturated carbocycles. The van der Waals surface area contributed by atoms with E-state index in [-0.39, 0.29) is 17.8 Å². The average molecular weight is 276 g/mol. The molecule has 1 amide bonds. The Morgan fingerprint density at radius 1 is 1.45 bits per heavy atom. The van der Waals surface area contributed by atoms with Crippen molar-refractivity contribution in [2.75, 3.05) is 25.0 Å². The lowest BCUT2D eigenvalue weighted by atomic mass is 9.99. The number of anilines is 1. The van der Waals surface area contributed by atoms with E-state index in [0.717, 1.165) is 19.4 Å². The molecule has 1 aromatic carbocycles. The van der Waals surface area contributed by atoms with Crippen molar-refractivity contribution in [1.82, 2.24) is 5.32 Å². The quantitative estimate of drug-likeness (QED) is 0.823. The first-order chi connectivity index (χ1) is 9.70. The summed E-state index contributed by atoms with van der Waals surface area (Å²) in [4.78, 5) is 23.7. The normalized spacial score (nSPS) is 18.4. The number of nitrogens with one attached hydrogen (secondary N) is 2. The fraction of sp³-hybridized carbons (Fsp3) is 0.467. The van der Waals surface area contributed by atoms with Gasteiger partial charge in [0.15, 0.2) is 0 Å². The van der Waals surface area contributed by atoms with Crippen LogP contribution >= 0.6 is 0 Å². The summed E-state index contributed by atoms with van der Waals surface area (Å²) in [6, 6.07) is 6.83. The number of esters is 1. The number of hydrogen-bond acceptors (Lipinski definition) is 4. The Bertz CT molecular complexity index is 482. The van der Waals surface area contributed by atoms with E-state index in [1.54, 1.807) is 31.2 Å². The highest BCUT2D eigenvalue weighted by atomic mass is 16.5. The third kappa shape index (κ3) is 3.81. The highest BCUT2D eigenvalue weighted by molar-refractivity contribution is 5.95. The SMILES string of the molecule is CCOC(=O)c1cccc(NC(=O)[C@@H]2CCCNC2)c1. The van der Waals surface area contributed by atoms with E-state index >= 15 is 0 Å². The molecule has 1 saturated heterocycles. The fourth-order valence-electron chi connectivity index (χ4n) is 2.26. The molecular formula is C15H20N2O3. The number of piperidine rings is 1. The predicted octanol–water partition coefficient (Wildman–Crippen LogP) is 1.80. The van der Waals surface area contributed by atoms with Crippen molar-refractivity contribution in [2.24, 2.45) is 5.92 Å². The molecule has 0 bridgehead atoms. The van der Waals surface area contributed by atoms with Gasteiger partial charge in [-0.3, -0.25) is 4.79 Å². The summed E-state index contributed by atoms with van der Waals surface area (Å²) in [5, 5.41) is 6.08. The predicted molar refractivity (Wildman–Crippen MR) is 76.6 cm³/mol. The first-order valence-corrected chi connectivity index (χ1v) is 6.99. The van der Waals surface area contributed by atoms with E-state index in [4.69, 9.17) is 4.74 Å². The van der Waals surface area contributed by atoms with Crippen molar-refractivity contribution in [2.45, 2.75) is 19.8 Å². The van der Waals surface area contributed by atoms with Gasteiger partial charge in [0.1, 0.15) is 0 Å². The third-order valence-electron chi connectivity index (χ3n) is 3.31. The molecule has 1 heterocycles. The number of amides is 1. The molecule has 1 aliphatic rings.